The van der Waals surface area contributed by atoms with Crippen LogP contribution in [0.25, 0.3) is 17.2 Å². The number of hydrogen-bond donors (Lipinski definition) is 1. The van der Waals surface area contributed by atoms with Gasteiger partial charge in [-0.05, 0) is 101 Å². The van der Waals surface area contributed by atoms with Gasteiger partial charge in [0, 0.05) is 0 Å². The Morgan fingerprint density at radius 2 is 1.71 bits per heavy atom. The third-order valence-corrected chi connectivity index (χ3v) is 6.51. The number of allylic oxidation sites excluding steroid dienone is 2. The summed E-state index contributed by atoms with van der Waals surface area (Å²) in [6.45, 7) is 1.90. The van der Waals surface area contributed by atoms with Gasteiger partial charge in [-0.1, -0.05) is 48.0 Å². The van der Waals surface area contributed by atoms with Gasteiger partial charge in [-0.25, -0.2) is 4.39 Å². The van der Waals surface area contributed by atoms with Crippen LogP contribution in [-0.4, -0.2) is 18.2 Å². The van der Waals surface area contributed by atoms with Crippen molar-refractivity contribution < 1.29 is 19.0 Å². The summed E-state index contributed by atoms with van der Waals surface area (Å²) in [6, 6.07) is 18.8. The van der Waals surface area contributed by atoms with Gasteiger partial charge in [-0.2, -0.15) is 0 Å². The first-order valence-electron chi connectivity index (χ1n) is 11.2. The Bertz CT molecular complexity index is 1290. The van der Waals surface area contributed by atoms with Gasteiger partial charge >= 0.3 is 5.97 Å². The molecule has 3 aromatic carbocycles. The second kappa shape index (κ2) is 10.3. The number of methoxy groups -OCH3 is 1. The van der Waals surface area contributed by atoms with E-state index in [1.165, 1.54) is 23.3 Å². The van der Waals surface area contributed by atoms with Crippen molar-refractivity contribution in [2.75, 3.05) is 7.11 Å². The number of ether oxygens (including phenoxy) is 1. The SMILES string of the molecule is COc1ccc(CCCc2ccc(/C=C3/C(C)=C(CC(=O)O)c4cc(F)ccc43)cc2)cc1Cl. The van der Waals surface area contributed by atoms with Crippen LogP contribution in [-0.2, 0) is 17.6 Å². The lowest BCUT2D eigenvalue weighted by molar-refractivity contribution is -0.135. The van der Waals surface area contributed by atoms with E-state index in [2.05, 4.69) is 24.3 Å². The lowest BCUT2D eigenvalue weighted by atomic mass is 9.99. The Kier molecular flexibility index (Phi) is 7.18. The number of rotatable bonds is 8. The number of carbonyl (C=O) groups is 1. The summed E-state index contributed by atoms with van der Waals surface area (Å²) in [6.07, 6.45) is 4.80. The molecular weight excluding hydrogens is 451 g/mol. The van der Waals surface area contributed by atoms with Crippen LogP contribution in [0.3, 0.4) is 0 Å². The predicted molar refractivity (Wildman–Crippen MR) is 136 cm³/mol. The average Bonchev–Trinajstić information content (AvgIpc) is 3.05. The maximum absolute atomic E-state index is 13.9. The minimum Gasteiger partial charge on any atom is -0.495 e. The fourth-order valence-corrected chi connectivity index (χ4v) is 4.72. The van der Waals surface area contributed by atoms with E-state index >= 15 is 0 Å². The highest BCUT2D eigenvalue weighted by molar-refractivity contribution is 6.32. The van der Waals surface area contributed by atoms with Gasteiger partial charge in [0.05, 0.1) is 18.6 Å². The van der Waals surface area contributed by atoms with E-state index in [-0.39, 0.29) is 12.2 Å². The van der Waals surface area contributed by atoms with Crippen LogP contribution in [0.1, 0.15) is 47.6 Å². The standard InChI is InChI=1S/C29H26ClFO3/c1-18-24(23-12-11-22(31)16-26(23)25(18)17-29(32)33)14-21-8-6-19(7-9-21)4-3-5-20-10-13-28(34-2)27(30)15-20/h6-16H,3-5,17H2,1-2H3,(H,32,33)/b24-14-. The van der Waals surface area contributed by atoms with Crippen molar-refractivity contribution in [2.24, 2.45) is 0 Å². The number of carboxylic acids is 1. The van der Waals surface area contributed by atoms with Crippen molar-refractivity contribution in [1.82, 2.24) is 0 Å². The first-order valence-corrected chi connectivity index (χ1v) is 11.6. The van der Waals surface area contributed by atoms with E-state index in [0.717, 1.165) is 41.5 Å². The smallest absolute Gasteiger partial charge is 0.307 e. The van der Waals surface area contributed by atoms with Crippen LogP contribution < -0.4 is 4.74 Å². The van der Waals surface area contributed by atoms with Crippen molar-refractivity contribution in [3.63, 3.8) is 0 Å². The number of aliphatic carboxylic acids is 1. The van der Waals surface area contributed by atoms with E-state index in [1.807, 2.05) is 31.2 Å². The lowest BCUT2D eigenvalue weighted by Gasteiger charge is -2.07. The number of carboxylic acid groups (broad SMARTS) is 1. The minimum absolute atomic E-state index is 0.127. The van der Waals surface area contributed by atoms with Gasteiger partial charge in [-0.15, -0.1) is 0 Å². The number of hydrogen-bond acceptors (Lipinski definition) is 2. The van der Waals surface area contributed by atoms with Gasteiger partial charge in [-0.3, -0.25) is 4.79 Å². The van der Waals surface area contributed by atoms with Crippen LogP contribution in [0.5, 0.6) is 5.75 Å². The molecule has 4 rings (SSSR count). The van der Waals surface area contributed by atoms with Crippen molar-refractivity contribution in [3.8, 4) is 5.75 Å². The second-order valence-electron chi connectivity index (χ2n) is 8.49. The van der Waals surface area contributed by atoms with E-state index in [4.69, 9.17) is 16.3 Å². The lowest BCUT2D eigenvalue weighted by Crippen LogP contribution is -1.97. The first-order chi connectivity index (χ1) is 16.4. The van der Waals surface area contributed by atoms with E-state index < -0.39 is 5.97 Å². The zero-order valence-electron chi connectivity index (χ0n) is 19.2. The minimum atomic E-state index is -0.924. The molecule has 1 N–H and O–H groups in total. The highest BCUT2D eigenvalue weighted by Gasteiger charge is 2.25. The van der Waals surface area contributed by atoms with Crippen molar-refractivity contribution >= 4 is 34.8 Å². The summed E-state index contributed by atoms with van der Waals surface area (Å²) >= 11 is 6.21. The van der Waals surface area contributed by atoms with Crippen LogP contribution in [0.2, 0.25) is 5.02 Å². The van der Waals surface area contributed by atoms with Gasteiger partial charge < -0.3 is 9.84 Å². The summed E-state index contributed by atoms with van der Waals surface area (Å²) in [5.74, 6) is -0.602. The monoisotopic (exact) mass is 476 g/mol. The molecule has 0 saturated heterocycles. The molecule has 1 aliphatic carbocycles. The number of fused-ring (bicyclic) bond motifs is 1. The molecule has 3 aromatic rings. The molecule has 0 aliphatic heterocycles. The van der Waals surface area contributed by atoms with Crippen molar-refractivity contribution in [3.05, 3.63) is 105 Å². The summed E-state index contributed by atoms with van der Waals surface area (Å²) in [5, 5.41) is 9.94. The fraction of sp³-hybridized carbons (Fsp3) is 0.207. The molecular formula is C29H26ClFO3. The zero-order valence-corrected chi connectivity index (χ0v) is 20.0. The molecule has 5 heteroatoms. The molecule has 0 saturated carbocycles. The molecule has 3 nitrogen and oxygen atoms in total. The van der Waals surface area contributed by atoms with Crippen molar-refractivity contribution in [2.45, 2.75) is 32.6 Å². The number of benzene rings is 3. The Morgan fingerprint density at radius 3 is 2.38 bits per heavy atom. The van der Waals surface area contributed by atoms with Gasteiger partial charge in [0.15, 0.2) is 0 Å². The molecule has 0 unspecified atom stereocenters. The Labute approximate surface area is 204 Å². The Hall–Kier alpha value is -3.37. The molecule has 0 spiro atoms. The molecule has 0 fully saturated rings. The predicted octanol–water partition coefficient (Wildman–Crippen LogP) is 7.47. The van der Waals surface area contributed by atoms with Gasteiger partial charge in [0.1, 0.15) is 11.6 Å². The normalized spacial score (nSPS) is 13.9. The molecule has 1 aliphatic rings. The first kappa shape index (κ1) is 23.8. The largest absolute Gasteiger partial charge is 0.495 e. The fourth-order valence-electron chi connectivity index (χ4n) is 4.44. The molecule has 0 heterocycles. The average molecular weight is 477 g/mol. The molecule has 0 aromatic heterocycles. The Balaban J connectivity index is 1.47. The maximum atomic E-state index is 13.9. The Morgan fingerprint density at radius 1 is 1.00 bits per heavy atom. The van der Waals surface area contributed by atoms with Crippen LogP contribution in [0.4, 0.5) is 4.39 Å². The number of aryl methyl sites for hydroxylation is 2. The molecule has 0 bridgehead atoms. The van der Waals surface area contributed by atoms with Gasteiger partial charge in [0.2, 0.25) is 0 Å². The summed E-state index contributed by atoms with van der Waals surface area (Å²) in [7, 11) is 1.61. The third-order valence-electron chi connectivity index (χ3n) is 6.22. The quantitative estimate of drug-likeness (QED) is 0.367. The number of halogens is 2. The van der Waals surface area contributed by atoms with E-state index in [9.17, 15) is 14.3 Å². The van der Waals surface area contributed by atoms with Gasteiger partial charge in [0.25, 0.3) is 0 Å². The molecule has 34 heavy (non-hydrogen) atoms. The third kappa shape index (κ3) is 5.23. The molecule has 174 valence electrons. The maximum Gasteiger partial charge on any atom is 0.307 e. The summed E-state index contributed by atoms with van der Waals surface area (Å²) in [5.41, 5.74) is 7.48. The van der Waals surface area contributed by atoms with E-state index in [0.29, 0.717) is 21.9 Å². The van der Waals surface area contributed by atoms with Crippen LogP contribution in [0, 0.1) is 5.82 Å². The second-order valence-corrected chi connectivity index (χ2v) is 8.89. The highest BCUT2D eigenvalue weighted by Crippen LogP contribution is 2.43. The molecule has 0 atom stereocenters. The zero-order chi connectivity index (χ0) is 24.2. The summed E-state index contributed by atoms with van der Waals surface area (Å²) < 4.78 is 19.1. The highest BCUT2D eigenvalue weighted by atomic mass is 35.5. The van der Waals surface area contributed by atoms with Crippen molar-refractivity contribution in [1.29, 1.82) is 0 Å². The molecule has 0 radical (unpaired) electrons. The molecule has 0 amide bonds. The topological polar surface area (TPSA) is 46.5 Å². The van der Waals surface area contributed by atoms with E-state index in [1.54, 1.807) is 13.2 Å². The summed E-state index contributed by atoms with van der Waals surface area (Å²) in [4.78, 5) is 11.4. The van der Waals surface area contributed by atoms with Crippen LogP contribution >= 0.6 is 11.6 Å². The van der Waals surface area contributed by atoms with Crippen LogP contribution in [0.15, 0.2) is 66.2 Å².